The number of morpholine rings is 1. The van der Waals surface area contributed by atoms with E-state index < -0.39 is 0 Å². The molecule has 3 aromatic rings. The second-order valence-electron chi connectivity index (χ2n) is 6.73. The fourth-order valence-corrected chi connectivity index (χ4v) is 4.54. The number of hydrogen-bond acceptors (Lipinski definition) is 6. The molecule has 1 fully saturated rings. The van der Waals surface area contributed by atoms with E-state index in [-0.39, 0.29) is 5.56 Å². The number of nitrogen functional groups attached to an aromatic ring is 1. The van der Waals surface area contributed by atoms with E-state index in [0.29, 0.717) is 18.9 Å². The average Bonchev–Trinajstić information content (AvgIpc) is 2.73. The van der Waals surface area contributed by atoms with E-state index in [9.17, 15) is 4.79 Å². The van der Waals surface area contributed by atoms with E-state index in [1.165, 1.54) is 0 Å². The molecule has 142 valence electrons. The van der Waals surface area contributed by atoms with Crippen molar-refractivity contribution in [1.29, 1.82) is 0 Å². The van der Waals surface area contributed by atoms with Gasteiger partial charge in [-0.25, -0.2) is 0 Å². The number of ether oxygens (including phenoxy) is 2. The fraction of sp³-hybridized carbons (Fsp3) is 0.190. The third-order valence-corrected chi connectivity index (χ3v) is 6.09. The maximum atomic E-state index is 12.4. The number of hydrogen-bond donors (Lipinski definition) is 2. The summed E-state index contributed by atoms with van der Waals surface area (Å²) in [4.78, 5) is 19.4. The maximum absolute atomic E-state index is 12.4. The Bertz CT molecular complexity index is 1110. The van der Waals surface area contributed by atoms with Crippen molar-refractivity contribution in [2.45, 2.75) is 9.79 Å². The summed E-state index contributed by atoms with van der Waals surface area (Å²) in [5.41, 5.74) is 9.15. The molecule has 2 aliphatic heterocycles. The van der Waals surface area contributed by atoms with Gasteiger partial charge in [0.15, 0.2) is 5.75 Å². The Hall–Kier alpha value is -2.90. The summed E-state index contributed by atoms with van der Waals surface area (Å²) in [5.74, 6) is 1.47. The van der Waals surface area contributed by atoms with E-state index in [2.05, 4.69) is 9.88 Å². The molecule has 6 nitrogen and oxygen atoms in total. The molecule has 28 heavy (non-hydrogen) atoms. The lowest BCUT2D eigenvalue weighted by molar-refractivity contribution is 0.122. The molecule has 0 radical (unpaired) electrons. The summed E-state index contributed by atoms with van der Waals surface area (Å²) in [6.45, 7) is 2.88. The van der Waals surface area contributed by atoms with E-state index in [1.54, 1.807) is 17.8 Å². The highest BCUT2D eigenvalue weighted by molar-refractivity contribution is 7.99. The van der Waals surface area contributed by atoms with Crippen molar-refractivity contribution >= 4 is 23.1 Å². The number of nitrogens with two attached hydrogens (primary N) is 1. The lowest BCUT2D eigenvalue weighted by Crippen LogP contribution is -2.36. The van der Waals surface area contributed by atoms with Gasteiger partial charge >= 0.3 is 0 Å². The number of nitrogens with zero attached hydrogens (tertiary/aromatic N) is 1. The van der Waals surface area contributed by atoms with Gasteiger partial charge in [-0.15, -0.1) is 0 Å². The third kappa shape index (κ3) is 3.02. The van der Waals surface area contributed by atoms with Crippen molar-refractivity contribution in [1.82, 2.24) is 4.98 Å². The monoisotopic (exact) mass is 393 g/mol. The Morgan fingerprint density at radius 1 is 1.07 bits per heavy atom. The summed E-state index contributed by atoms with van der Waals surface area (Å²) in [5, 5.41) is 0. The molecule has 0 spiro atoms. The van der Waals surface area contributed by atoms with Crippen molar-refractivity contribution < 1.29 is 9.47 Å². The zero-order valence-electron chi connectivity index (χ0n) is 15.1. The molecule has 5 rings (SSSR count). The number of aromatic nitrogens is 1. The van der Waals surface area contributed by atoms with Gasteiger partial charge in [0.05, 0.1) is 28.7 Å². The van der Waals surface area contributed by atoms with Crippen molar-refractivity contribution in [2.75, 3.05) is 36.9 Å². The predicted molar refractivity (Wildman–Crippen MR) is 111 cm³/mol. The second kappa shape index (κ2) is 6.92. The number of benzene rings is 2. The van der Waals surface area contributed by atoms with Crippen LogP contribution >= 0.6 is 11.8 Å². The summed E-state index contributed by atoms with van der Waals surface area (Å²) in [6.07, 6.45) is 0. The van der Waals surface area contributed by atoms with Crippen LogP contribution in [-0.2, 0) is 4.74 Å². The third-order valence-electron chi connectivity index (χ3n) is 4.91. The normalized spacial score (nSPS) is 15.5. The topological polar surface area (TPSA) is 80.6 Å². The Labute approximate surface area is 166 Å². The van der Waals surface area contributed by atoms with Gasteiger partial charge in [0, 0.05) is 36.1 Å². The van der Waals surface area contributed by atoms with Crippen molar-refractivity contribution in [3.8, 4) is 22.8 Å². The highest BCUT2D eigenvalue weighted by Gasteiger charge is 2.23. The molecule has 0 amide bonds. The van der Waals surface area contributed by atoms with E-state index in [1.807, 2.05) is 42.5 Å². The summed E-state index contributed by atoms with van der Waals surface area (Å²) < 4.78 is 11.6. The molecule has 0 bridgehead atoms. The quantitative estimate of drug-likeness (QED) is 0.505. The molecule has 0 saturated carbocycles. The first-order valence-corrected chi connectivity index (χ1v) is 9.95. The molecule has 2 aliphatic rings. The van der Waals surface area contributed by atoms with Crippen LogP contribution in [0.25, 0.3) is 11.3 Å². The molecular formula is C21H19N3O3S. The van der Waals surface area contributed by atoms with Crippen LogP contribution in [0.1, 0.15) is 0 Å². The van der Waals surface area contributed by atoms with Crippen LogP contribution in [0.5, 0.6) is 11.5 Å². The number of fused-ring (bicyclic) bond motifs is 2. The molecule has 0 aliphatic carbocycles. The van der Waals surface area contributed by atoms with Crippen LogP contribution in [-0.4, -0.2) is 31.3 Å². The lowest BCUT2D eigenvalue weighted by atomic mass is 10.1. The summed E-state index contributed by atoms with van der Waals surface area (Å²) in [7, 11) is 0. The number of H-pyrrole nitrogens is 1. The van der Waals surface area contributed by atoms with Crippen molar-refractivity contribution in [3.05, 3.63) is 58.9 Å². The first kappa shape index (κ1) is 17.2. The molecule has 1 saturated heterocycles. The SMILES string of the molecule is Nc1cccc2c1Sc1cccc(-c3cc(N4CCOCC4)cc(=O)[nH]3)c1O2. The molecule has 3 heterocycles. The van der Waals surface area contributed by atoms with E-state index in [4.69, 9.17) is 15.2 Å². The zero-order valence-corrected chi connectivity index (χ0v) is 15.9. The largest absolute Gasteiger partial charge is 0.454 e. The van der Waals surface area contributed by atoms with Gasteiger partial charge in [0.2, 0.25) is 5.56 Å². The van der Waals surface area contributed by atoms with Gasteiger partial charge in [0.1, 0.15) is 5.75 Å². The van der Waals surface area contributed by atoms with Crippen LogP contribution in [0, 0.1) is 0 Å². The van der Waals surface area contributed by atoms with Gasteiger partial charge in [-0.1, -0.05) is 23.9 Å². The van der Waals surface area contributed by atoms with Gasteiger partial charge < -0.3 is 25.1 Å². The Kier molecular flexibility index (Phi) is 4.26. The Balaban J connectivity index is 1.59. The minimum atomic E-state index is -0.135. The minimum absolute atomic E-state index is 0.135. The standard InChI is InChI=1S/C21H19N3O3S/c22-15-4-2-5-17-21(15)28-18-6-1-3-14(20(18)27-17)16-11-13(12-19(25)23-16)24-7-9-26-10-8-24/h1-6,11-12H,7-10,22H2,(H,23,25). The maximum Gasteiger partial charge on any atom is 0.250 e. The molecule has 0 unspecified atom stereocenters. The molecule has 3 N–H and O–H groups in total. The number of rotatable bonds is 2. The van der Waals surface area contributed by atoms with Crippen LogP contribution in [0.3, 0.4) is 0 Å². The molecule has 0 atom stereocenters. The number of nitrogens with one attached hydrogen (secondary N) is 1. The summed E-state index contributed by atoms with van der Waals surface area (Å²) >= 11 is 1.59. The highest BCUT2D eigenvalue weighted by Crippen LogP contribution is 2.52. The van der Waals surface area contributed by atoms with Gasteiger partial charge in [-0.2, -0.15) is 0 Å². The second-order valence-corrected chi connectivity index (χ2v) is 7.78. The number of aromatic amines is 1. The van der Waals surface area contributed by atoms with Crippen molar-refractivity contribution in [2.24, 2.45) is 0 Å². The molecule has 2 aromatic carbocycles. The predicted octanol–water partition coefficient (Wildman–Crippen LogP) is 3.72. The smallest absolute Gasteiger partial charge is 0.250 e. The van der Waals surface area contributed by atoms with Crippen molar-refractivity contribution in [3.63, 3.8) is 0 Å². The Morgan fingerprint density at radius 3 is 2.75 bits per heavy atom. The van der Waals surface area contributed by atoms with Gasteiger partial charge in [-0.05, 0) is 30.3 Å². The van der Waals surface area contributed by atoms with Gasteiger partial charge in [0.25, 0.3) is 0 Å². The number of anilines is 2. The molecule has 1 aromatic heterocycles. The first-order valence-electron chi connectivity index (χ1n) is 9.14. The fourth-order valence-electron chi connectivity index (χ4n) is 3.53. The van der Waals surface area contributed by atoms with E-state index in [0.717, 1.165) is 51.3 Å². The van der Waals surface area contributed by atoms with Crippen LogP contribution in [0.2, 0.25) is 0 Å². The average molecular weight is 393 g/mol. The van der Waals surface area contributed by atoms with Crippen LogP contribution < -0.4 is 20.9 Å². The first-order chi connectivity index (χ1) is 13.7. The zero-order chi connectivity index (χ0) is 19.1. The number of para-hydroxylation sites is 1. The van der Waals surface area contributed by atoms with Gasteiger partial charge in [-0.3, -0.25) is 4.79 Å². The Morgan fingerprint density at radius 2 is 1.89 bits per heavy atom. The van der Waals surface area contributed by atoms with Crippen LogP contribution in [0.4, 0.5) is 11.4 Å². The number of pyridine rings is 1. The highest BCUT2D eigenvalue weighted by atomic mass is 32.2. The molecule has 7 heteroatoms. The molecular weight excluding hydrogens is 374 g/mol. The minimum Gasteiger partial charge on any atom is -0.454 e. The van der Waals surface area contributed by atoms with E-state index >= 15 is 0 Å². The summed E-state index contributed by atoms with van der Waals surface area (Å²) in [6, 6.07) is 15.2. The lowest BCUT2D eigenvalue weighted by Gasteiger charge is -2.29. The van der Waals surface area contributed by atoms with Crippen LogP contribution in [0.15, 0.2) is 63.1 Å².